The maximum atomic E-state index is 11.2. The quantitative estimate of drug-likeness (QED) is 0.502. The van der Waals surface area contributed by atoms with Crippen LogP contribution in [0.15, 0.2) is 12.2 Å². The SMILES string of the molecule is CCOC(=O)C1C=CC(C(=O)OCC)O1. The highest BCUT2D eigenvalue weighted by molar-refractivity contribution is 5.82. The van der Waals surface area contributed by atoms with Crippen LogP contribution in [0.3, 0.4) is 0 Å². The van der Waals surface area contributed by atoms with E-state index >= 15 is 0 Å². The molecule has 5 nitrogen and oxygen atoms in total. The highest BCUT2D eigenvalue weighted by Crippen LogP contribution is 2.14. The zero-order valence-electron chi connectivity index (χ0n) is 8.76. The first-order valence-corrected chi connectivity index (χ1v) is 4.86. The first kappa shape index (κ1) is 11.7. The molecule has 0 aromatic rings. The molecule has 5 heteroatoms. The molecule has 0 saturated carbocycles. The Bertz CT molecular complexity index is 245. The molecular weight excluding hydrogens is 200 g/mol. The van der Waals surface area contributed by atoms with Crippen LogP contribution < -0.4 is 0 Å². The molecule has 1 aliphatic heterocycles. The van der Waals surface area contributed by atoms with Crippen LogP contribution in [0.5, 0.6) is 0 Å². The Hall–Kier alpha value is -1.36. The van der Waals surface area contributed by atoms with E-state index in [1.165, 1.54) is 12.2 Å². The van der Waals surface area contributed by atoms with Crippen LogP contribution in [-0.2, 0) is 23.8 Å². The summed E-state index contributed by atoms with van der Waals surface area (Å²) in [6.45, 7) is 3.99. The normalized spacial score (nSPS) is 23.9. The summed E-state index contributed by atoms with van der Waals surface area (Å²) in [6, 6.07) is 0. The minimum atomic E-state index is -0.792. The standard InChI is InChI=1S/C10H14O5/c1-3-13-9(11)7-5-6-8(15-7)10(12)14-4-2/h5-8H,3-4H2,1-2H3. The molecule has 84 valence electrons. The van der Waals surface area contributed by atoms with Gasteiger partial charge in [-0.1, -0.05) is 0 Å². The van der Waals surface area contributed by atoms with E-state index in [0.29, 0.717) is 0 Å². The summed E-state index contributed by atoms with van der Waals surface area (Å²) in [6.07, 6.45) is 1.41. The van der Waals surface area contributed by atoms with Crippen molar-refractivity contribution in [1.29, 1.82) is 0 Å². The lowest BCUT2D eigenvalue weighted by molar-refractivity contribution is -0.162. The maximum Gasteiger partial charge on any atom is 0.339 e. The molecule has 1 aliphatic rings. The number of carbonyl (C=O) groups is 2. The smallest absolute Gasteiger partial charge is 0.339 e. The van der Waals surface area contributed by atoms with Crippen LogP contribution in [-0.4, -0.2) is 37.4 Å². The van der Waals surface area contributed by atoms with E-state index in [1.807, 2.05) is 0 Å². The average Bonchev–Trinajstić information content (AvgIpc) is 2.67. The fourth-order valence-electron chi connectivity index (χ4n) is 1.17. The van der Waals surface area contributed by atoms with Gasteiger partial charge in [0.15, 0.2) is 12.2 Å². The average molecular weight is 214 g/mol. The van der Waals surface area contributed by atoms with E-state index in [4.69, 9.17) is 14.2 Å². The first-order chi connectivity index (χ1) is 7.19. The molecule has 0 aromatic carbocycles. The van der Waals surface area contributed by atoms with Crippen LogP contribution in [0, 0.1) is 0 Å². The minimum absolute atomic E-state index is 0.288. The monoisotopic (exact) mass is 214 g/mol. The van der Waals surface area contributed by atoms with Gasteiger partial charge in [0.2, 0.25) is 0 Å². The molecule has 0 fully saturated rings. The number of carbonyl (C=O) groups excluding carboxylic acids is 2. The van der Waals surface area contributed by atoms with E-state index in [9.17, 15) is 9.59 Å². The second-order valence-corrected chi connectivity index (χ2v) is 2.87. The number of hydrogen-bond donors (Lipinski definition) is 0. The molecule has 1 heterocycles. The van der Waals surface area contributed by atoms with Gasteiger partial charge in [0.1, 0.15) is 0 Å². The van der Waals surface area contributed by atoms with Crippen molar-refractivity contribution in [2.45, 2.75) is 26.1 Å². The van der Waals surface area contributed by atoms with Crippen LogP contribution in [0.4, 0.5) is 0 Å². The van der Waals surface area contributed by atoms with Crippen molar-refractivity contribution in [1.82, 2.24) is 0 Å². The molecule has 0 bridgehead atoms. The molecule has 2 atom stereocenters. The summed E-state index contributed by atoms with van der Waals surface area (Å²) in [5, 5.41) is 0. The molecule has 0 saturated heterocycles. The van der Waals surface area contributed by atoms with Gasteiger partial charge in [-0.05, 0) is 26.0 Å². The molecule has 0 radical (unpaired) electrons. The van der Waals surface area contributed by atoms with Crippen molar-refractivity contribution in [2.24, 2.45) is 0 Å². The van der Waals surface area contributed by atoms with Crippen LogP contribution in [0.1, 0.15) is 13.8 Å². The van der Waals surface area contributed by atoms with Gasteiger partial charge in [-0.25, -0.2) is 9.59 Å². The van der Waals surface area contributed by atoms with Gasteiger partial charge in [0.25, 0.3) is 0 Å². The maximum absolute atomic E-state index is 11.2. The van der Waals surface area contributed by atoms with Gasteiger partial charge in [-0.3, -0.25) is 0 Å². The Kier molecular flexibility index (Phi) is 4.30. The fraction of sp³-hybridized carbons (Fsp3) is 0.600. The van der Waals surface area contributed by atoms with Crippen LogP contribution in [0.25, 0.3) is 0 Å². The number of ether oxygens (including phenoxy) is 3. The summed E-state index contributed by atoms with van der Waals surface area (Å²) in [4.78, 5) is 22.4. The van der Waals surface area contributed by atoms with Gasteiger partial charge in [0.05, 0.1) is 13.2 Å². The predicted octanol–water partition coefficient (Wildman–Crippen LogP) is 0.436. The second kappa shape index (κ2) is 5.50. The highest BCUT2D eigenvalue weighted by Gasteiger charge is 2.31. The number of hydrogen-bond acceptors (Lipinski definition) is 5. The Balaban J connectivity index is 2.43. The topological polar surface area (TPSA) is 61.8 Å². The Morgan fingerprint density at radius 2 is 1.47 bits per heavy atom. The van der Waals surface area contributed by atoms with Gasteiger partial charge in [-0.2, -0.15) is 0 Å². The van der Waals surface area contributed by atoms with E-state index in [-0.39, 0.29) is 13.2 Å². The van der Waals surface area contributed by atoms with E-state index < -0.39 is 24.1 Å². The summed E-state index contributed by atoms with van der Waals surface area (Å²) >= 11 is 0. The molecule has 0 N–H and O–H groups in total. The molecule has 2 unspecified atom stereocenters. The summed E-state index contributed by atoms with van der Waals surface area (Å²) in [7, 11) is 0. The molecule has 0 amide bonds. The largest absolute Gasteiger partial charge is 0.464 e. The molecule has 0 aromatic heterocycles. The molecule has 0 spiro atoms. The Morgan fingerprint density at radius 1 is 1.07 bits per heavy atom. The van der Waals surface area contributed by atoms with Crippen molar-refractivity contribution < 1.29 is 23.8 Å². The van der Waals surface area contributed by atoms with Crippen molar-refractivity contribution >= 4 is 11.9 Å². The number of esters is 2. The summed E-state index contributed by atoms with van der Waals surface area (Å²) in [5.74, 6) is -0.971. The van der Waals surface area contributed by atoms with E-state index in [0.717, 1.165) is 0 Å². The molecule has 1 rings (SSSR count). The van der Waals surface area contributed by atoms with E-state index in [2.05, 4.69) is 0 Å². The van der Waals surface area contributed by atoms with Crippen molar-refractivity contribution in [3.05, 3.63) is 12.2 Å². The zero-order valence-corrected chi connectivity index (χ0v) is 8.76. The Morgan fingerprint density at radius 3 is 1.80 bits per heavy atom. The first-order valence-electron chi connectivity index (χ1n) is 4.86. The lowest BCUT2D eigenvalue weighted by Gasteiger charge is -2.11. The summed E-state index contributed by atoms with van der Waals surface area (Å²) < 4.78 is 14.6. The van der Waals surface area contributed by atoms with Gasteiger partial charge < -0.3 is 14.2 Å². The van der Waals surface area contributed by atoms with Gasteiger partial charge >= 0.3 is 11.9 Å². The van der Waals surface area contributed by atoms with Crippen molar-refractivity contribution in [3.63, 3.8) is 0 Å². The number of rotatable bonds is 4. The highest BCUT2D eigenvalue weighted by atomic mass is 16.6. The lowest BCUT2D eigenvalue weighted by atomic mass is 10.3. The predicted molar refractivity (Wildman–Crippen MR) is 51.1 cm³/mol. The fourth-order valence-corrected chi connectivity index (χ4v) is 1.17. The zero-order chi connectivity index (χ0) is 11.3. The van der Waals surface area contributed by atoms with Crippen molar-refractivity contribution in [3.8, 4) is 0 Å². The van der Waals surface area contributed by atoms with Gasteiger partial charge in [0, 0.05) is 0 Å². The molecular formula is C10H14O5. The molecule has 0 aliphatic carbocycles. The van der Waals surface area contributed by atoms with Crippen molar-refractivity contribution in [2.75, 3.05) is 13.2 Å². The second-order valence-electron chi connectivity index (χ2n) is 2.87. The lowest BCUT2D eigenvalue weighted by Crippen LogP contribution is -2.29. The summed E-state index contributed by atoms with van der Waals surface area (Å²) in [5.41, 5.74) is 0. The third-order valence-electron chi connectivity index (χ3n) is 1.79. The minimum Gasteiger partial charge on any atom is -0.464 e. The molecule has 15 heavy (non-hydrogen) atoms. The van der Waals surface area contributed by atoms with E-state index in [1.54, 1.807) is 13.8 Å². The third kappa shape index (κ3) is 3.06. The van der Waals surface area contributed by atoms with Gasteiger partial charge in [-0.15, -0.1) is 0 Å². The third-order valence-corrected chi connectivity index (χ3v) is 1.79. The van der Waals surface area contributed by atoms with Crippen LogP contribution in [0.2, 0.25) is 0 Å². The van der Waals surface area contributed by atoms with Crippen LogP contribution >= 0.6 is 0 Å². The Labute approximate surface area is 88.0 Å².